The van der Waals surface area contributed by atoms with Crippen molar-refractivity contribution in [2.45, 2.75) is 44.3 Å². The van der Waals surface area contributed by atoms with Gasteiger partial charge in [0.15, 0.2) is 0 Å². The lowest BCUT2D eigenvalue weighted by Crippen LogP contribution is -2.42. The molecule has 0 spiro atoms. The number of fused-ring (bicyclic) bond motifs is 1. The van der Waals surface area contributed by atoms with Crippen molar-refractivity contribution >= 4 is 11.6 Å². The van der Waals surface area contributed by atoms with Crippen molar-refractivity contribution in [2.24, 2.45) is 5.92 Å². The molecule has 3 fully saturated rings. The van der Waals surface area contributed by atoms with E-state index in [9.17, 15) is 4.79 Å². The molecule has 6 nitrogen and oxygen atoms in total. The van der Waals surface area contributed by atoms with Gasteiger partial charge in [-0.25, -0.2) is 5.43 Å². The summed E-state index contributed by atoms with van der Waals surface area (Å²) in [6, 6.07) is 8.55. The lowest BCUT2D eigenvalue weighted by Gasteiger charge is -2.27. The van der Waals surface area contributed by atoms with E-state index in [-0.39, 0.29) is 11.9 Å². The summed E-state index contributed by atoms with van der Waals surface area (Å²) in [7, 11) is 0. The summed E-state index contributed by atoms with van der Waals surface area (Å²) >= 11 is 0. The van der Waals surface area contributed by atoms with Gasteiger partial charge in [-0.3, -0.25) is 15.1 Å². The van der Waals surface area contributed by atoms with E-state index in [2.05, 4.69) is 33.2 Å². The normalized spacial score (nSPS) is 30.0. The first kappa shape index (κ1) is 17.0. The molecule has 1 amide bonds. The number of carbonyl (C=O) groups is 1. The highest BCUT2D eigenvalue weighted by Gasteiger charge is 2.40. The van der Waals surface area contributed by atoms with Crippen LogP contribution >= 0.6 is 0 Å². The second kappa shape index (κ2) is 7.83. The molecule has 2 aliphatic heterocycles. The van der Waals surface area contributed by atoms with Crippen LogP contribution in [-0.4, -0.2) is 49.2 Å². The monoisotopic (exact) mass is 344 g/mol. The van der Waals surface area contributed by atoms with E-state index in [4.69, 9.17) is 4.74 Å². The number of anilines is 1. The molecule has 0 bridgehead atoms. The fourth-order valence-corrected chi connectivity index (χ4v) is 4.23. The largest absolute Gasteiger partial charge is 0.379 e. The Kier molecular flexibility index (Phi) is 5.31. The van der Waals surface area contributed by atoms with Crippen molar-refractivity contribution in [3.05, 3.63) is 29.8 Å². The van der Waals surface area contributed by atoms with Crippen LogP contribution in [0.25, 0.3) is 0 Å². The number of nitrogens with one attached hydrogen (secondary N) is 3. The summed E-state index contributed by atoms with van der Waals surface area (Å²) in [5.41, 5.74) is 8.65. The smallest absolute Gasteiger partial charge is 0.243 e. The molecule has 3 aliphatic rings. The van der Waals surface area contributed by atoms with Gasteiger partial charge in [0.05, 0.1) is 13.2 Å². The van der Waals surface area contributed by atoms with Crippen molar-refractivity contribution in [1.29, 1.82) is 0 Å². The van der Waals surface area contributed by atoms with E-state index in [1.165, 1.54) is 18.4 Å². The average Bonchev–Trinajstić information content (AvgIpc) is 3.08. The van der Waals surface area contributed by atoms with Crippen LogP contribution in [0.5, 0.6) is 0 Å². The minimum Gasteiger partial charge on any atom is -0.379 e. The summed E-state index contributed by atoms with van der Waals surface area (Å²) in [4.78, 5) is 15.0. The molecule has 1 aromatic rings. The van der Waals surface area contributed by atoms with E-state index >= 15 is 0 Å². The Bertz CT molecular complexity index is 586. The molecule has 3 unspecified atom stereocenters. The van der Waals surface area contributed by atoms with Gasteiger partial charge in [0, 0.05) is 37.3 Å². The molecule has 136 valence electrons. The van der Waals surface area contributed by atoms with Crippen LogP contribution < -0.4 is 16.2 Å². The molecule has 4 rings (SSSR count). The number of hydrogen-bond acceptors (Lipinski definition) is 5. The molecule has 3 N–H and O–H groups in total. The Morgan fingerprint density at radius 3 is 2.68 bits per heavy atom. The third-order valence-corrected chi connectivity index (χ3v) is 5.69. The number of nitrogens with zero attached hydrogens (tertiary/aromatic N) is 1. The van der Waals surface area contributed by atoms with Gasteiger partial charge in [-0.2, -0.15) is 0 Å². The molecule has 1 aliphatic carbocycles. The standard InChI is InChI=1S/C19H28N4O2/c24-19(18-16-3-1-2-4-17(16)21-22-18)20-15-7-5-14(6-8-15)13-23-9-11-25-12-10-23/h5-8,16-18,21-22H,1-4,9-13H2,(H,20,24). The van der Waals surface area contributed by atoms with E-state index in [0.717, 1.165) is 51.4 Å². The topological polar surface area (TPSA) is 65.6 Å². The lowest BCUT2D eigenvalue weighted by atomic mass is 9.81. The predicted molar refractivity (Wildman–Crippen MR) is 97.0 cm³/mol. The molecule has 0 aromatic heterocycles. The zero-order valence-electron chi connectivity index (χ0n) is 14.7. The second-order valence-corrected chi connectivity index (χ2v) is 7.40. The highest BCUT2D eigenvalue weighted by Crippen LogP contribution is 2.30. The summed E-state index contributed by atoms with van der Waals surface area (Å²) in [6.45, 7) is 4.55. The quantitative estimate of drug-likeness (QED) is 0.772. The maximum atomic E-state index is 12.6. The summed E-state index contributed by atoms with van der Waals surface area (Å²) in [5, 5.41) is 3.07. The molecule has 2 saturated heterocycles. The maximum Gasteiger partial charge on any atom is 0.243 e. The lowest BCUT2D eigenvalue weighted by molar-refractivity contribution is -0.118. The van der Waals surface area contributed by atoms with Gasteiger partial charge < -0.3 is 10.1 Å². The minimum absolute atomic E-state index is 0.0721. The third-order valence-electron chi connectivity index (χ3n) is 5.69. The van der Waals surface area contributed by atoms with Gasteiger partial charge in [-0.1, -0.05) is 25.0 Å². The van der Waals surface area contributed by atoms with E-state index in [0.29, 0.717) is 12.0 Å². The molecule has 6 heteroatoms. The SMILES string of the molecule is O=C(Nc1ccc(CN2CCOCC2)cc1)C1NNC2CCCCC21. The van der Waals surface area contributed by atoms with E-state index in [1.54, 1.807) is 0 Å². The molecule has 0 radical (unpaired) electrons. The molecule has 1 saturated carbocycles. The van der Waals surface area contributed by atoms with Gasteiger partial charge in [0.25, 0.3) is 0 Å². The number of benzene rings is 1. The average molecular weight is 344 g/mol. The number of morpholine rings is 1. The van der Waals surface area contributed by atoms with Crippen LogP contribution in [0.15, 0.2) is 24.3 Å². The third kappa shape index (κ3) is 4.03. The molecule has 2 heterocycles. The van der Waals surface area contributed by atoms with Crippen LogP contribution in [0.2, 0.25) is 0 Å². The zero-order valence-corrected chi connectivity index (χ0v) is 14.7. The molecule has 25 heavy (non-hydrogen) atoms. The minimum atomic E-state index is -0.127. The second-order valence-electron chi connectivity index (χ2n) is 7.40. The molecular formula is C19H28N4O2. The van der Waals surface area contributed by atoms with Crippen LogP contribution in [-0.2, 0) is 16.1 Å². The fraction of sp³-hybridized carbons (Fsp3) is 0.632. The van der Waals surface area contributed by atoms with Crippen LogP contribution in [0.1, 0.15) is 31.2 Å². The van der Waals surface area contributed by atoms with E-state index < -0.39 is 0 Å². The maximum absolute atomic E-state index is 12.6. The Hall–Kier alpha value is -1.47. The fourth-order valence-electron chi connectivity index (χ4n) is 4.23. The molecule has 3 atom stereocenters. The van der Waals surface area contributed by atoms with Gasteiger partial charge >= 0.3 is 0 Å². The first-order valence-electron chi connectivity index (χ1n) is 9.50. The Labute approximate surface area is 149 Å². The van der Waals surface area contributed by atoms with Gasteiger partial charge in [-0.05, 0) is 30.5 Å². The predicted octanol–water partition coefficient (Wildman–Crippen LogP) is 1.49. The number of rotatable bonds is 4. The number of carbonyl (C=O) groups excluding carboxylic acids is 1. The van der Waals surface area contributed by atoms with Crippen LogP contribution in [0.3, 0.4) is 0 Å². The van der Waals surface area contributed by atoms with Crippen molar-refractivity contribution in [3.63, 3.8) is 0 Å². The number of amides is 1. The van der Waals surface area contributed by atoms with E-state index in [1.807, 2.05) is 12.1 Å². The number of hydrogen-bond donors (Lipinski definition) is 3. The van der Waals surface area contributed by atoms with Crippen molar-refractivity contribution in [1.82, 2.24) is 15.8 Å². The van der Waals surface area contributed by atoms with Crippen molar-refractivity contribution < 1.29 is 9.53 Å². The highest BCUT2D eigenvalue weighted by atomic mass is 16.5. The highest BCUT2D eigenvalue weighted by molar-refractivity contribution is 5.95. The summed E-state index contributed by atoms with van der Waals surface area (Å²) in [6.07, 6.45) is 4.78. The van der Waals surface area contributed by atoms with Crippen LogP contribution in [0, 0.1) is 5.92 Å². The Morgan fingerprint density at radius 1 is 1.12 bits per heavy atom. The van der Waals surface area contributed by atoms with Crippen molar-refractivity contribution in [2.75, 3.05) is 31.6 Å². The zero-order chi connectivity index (χ0) is 17.1. The van der Waals surface area contributed by atoms with Gasteiger partial charge in [0.1, 0.15) is 6.04 Å². The summed E-state index contributed by atoms with van der Waals surface area (Å²) in [5.74, 6) is 0.483. The molecular weight excluding hydrogens is 316 g/mol. The Morgan fingerprint density at radius 2 is 1.88 bits per heavy atom. The van der Waals surface area contributed by atoms with Crippen molar-refractivity contribution in [3.8, 4) is 0 Å². The molecule has 1 aromatic carbocycles. The number of ether oxygens (including phenoxy) is 1. The Balaban J connectivity index is 1.32. The number of hydrazine groups is 1. The van der Waals surface area contributed by atoms with Gasteiger partial charge in [-0.15, -0.1) is 0 Å². The first-order valence-corrected chi connectivity index (χ1v) is 9.50. The van der Waals surface area contributed by atoms with Crippen LogP contribution in [0.4, 0.5) is 5.69 Å². The van der Waals surface area contributed by atoms with Gasteiger partial charge in [0.2, 0.25) is 5.91 Å². The first-order chi connectivity index (χ1) is 12.3. The summed E-state index contributed by atoms with van der Waals surface area (Å²) < 4.78 is 5.39.